The van der Waals surface area contributed by atoms with Crippen molar-refractivity contribution in [1.82, 2.24) is 10.3 Å². The number of hydrogen-bond acceptors (Lipinski definition) is 2. The smallest absolute Gasteiger partial charge is 0.253 e. The van der Waals surface area contributed by atoms with Crippen LogP contribution in [-0.4, -0.2) is 30.1 Å². The van der Waals surface area contributed by atoms with Crippen LogP contribution in [0.5, 0.6) is 0 Å². The third kappa shape index (κ3) is 1.97. The minimum Gasteiger partial charge on any atom is -0.379 e. The van der Waals surface area contributed by atoms with Crippen molar-refractivity contribution in [2.45, 2.75) is 12.5 Å². The molecule has 1 atom stereocenters. The molecule has 1 amide bonds. The SMILES string of the molecule is O=C(N[C@H]1CCOC1)c1c[nH]c2cc(F)ccc12. The predicted octanol–water partition coefficient (Wildman–Crippen LogP) is 1.83. The quantitative estimate of drug-likeness (QED) is 0.851. The summed E-state index contributed by atoms with van der Waals surface area (Å²) in [5.74, 6) is -0.469. The van der Waals surface area contributed by atoms with Crippen LogP contribution in [0.2, 0.25) is 0 Å². The summed E-state index contributed by atoms with van der Waals surface area (Å²) in [6.07, 6.45) is 2.44. The van der Waals surface area contributed by atoms with E-state index in [0.717, 1.165) is 11.8 Å². The third-order valence-corrected chi connectivity index (χ3v) is 3.15. The first-order valence-electron chi connectivity index (χ1n) is 5.89. The van der Waals surface area contributed by atoms with Crippen molar-refractivity contribution < 1.29 is 13.9 Å². The first kappa shape index (κ1) is 11.2. The number of hydrogen-bond donors (Lipinski definition) is 2. The monoisotopic (exact) mass is 248 g/mol. The second-order valence-electron chi connectivity index (χ2n) is 4.43. The molecule has 1 aromatic carbocycles. The van der Waals surface area contributed by atoms with Gasteiger partial charge in [-0.15, -0.1) is 0 Å². The van der Waals surface area contributed by atoms with Crippen LogP contribution in [0.25, 0.3) is 10.9 Å². The Balaban J connectivity index is 1.86. The molecule has 1 aliphatic heterocycles. The normalized spacial score (nSPS) is 19.3. The molecule has 4 nitrogen and oxygen atoms in total. The van der Waals surface area contributed by atoms with Gasteiger partial charge in [0, 0.05) is 23.7 Å². The molecule has 2 aromatic rings. The van der Waals surface area contributed by atoms with E-state index in [0.29, 0.717) is 24.3 Å². The number of amides is 1. The zero-order valence-corrected chi connectivity index (χ0v) is 9.70. The lowest BCUT2D eigenvalue weighted by atomic mass is 10.1. The second-order valence-corrected chi connectivity index (χ2v) is 4.43. The Morgan fingerprint density at radius 1 is 1.50 bits per heavy atom. The summed E-state index contributed by atoms with van der Waals surface area (Å²) in [5, 5.41) is 3.64. The standard InChI is InChI=1S/C13H13FN2O2/c14-8-1-2-10-11(6-15-12(10)5-8)13(17)16-9-3-4-18-7-9/h1-2,5-6,9,15H,3-4,7H2,(H,16,17)/t9-/m0/s1. The number of rotatable bonds is 2. The highest BCUT2D eigenvalue weighted by molar-refractivity contribution is 6.06. The number of carbonyl (C=O) groups excluding carboxylic acids is 1. The number of benzene rings is 1. The molecule has 1 fully saturated rings. The lowest BCUT2D eigenvalue weighted by Crippen LogP contribution is -2.34. The fourth-order valence-electron chi connectivity index (χ4n) is 2.20. The molecule has 0 radical (unpaired) electrons. The maximum atomic E-state index is 13.0. The molecule has 1 aromatic heterocycles. The molecule has 18 heavy (non-hydrogen) atoms. The van der Waals surface area contributed by atoms with E-state index in [9.17, 15) is 9.18 Å². The summed E-state index contributed by atoms with van der Waals surface area (Å²) in [4.78, 5) is 15.0. The maximum absolute atomic E-state index is 13.0. The van der Waals surface area contributed by atoms with E-state index in [2.05, 4.69) is 10.3 Å². The highest BCUT2D eigenvalue weighted by Gasteiger charge is 2.20. The fourth-order valence-corrected chi connectivity index (χ4v) is 2.20. The molecule has 2 heterocycles. The van der Waals surface area contributed by atoms with Crippen molar-refractivity contribution in [2.75, 3.05) is 13.2 Å². The van der Waals surface area contributed by atoms with Gasteiger partial charge in [0.15, 0.2) is 0 Å². The number of aromatic amines is 1. The Morgan fingerprint density at radius 3 is 3.17 bits per heavy atom. The van der Waals surface area contributed by atoms with Gasteiger partial charge in [-0.3, -0.25) is 4.79 Å². The van der Waals surface area contributed by atoms with E-state index >= 15 is 0 Å². The van der Waals surface area contributed by atoms with Crippen molar-refractivity contribution in [3.63, 3.8) is 0 Å². The molecule has 5 heteroatoms. The number of ether oxygens (including phenoxy) is 1. The molecular formula is C13H13FN2O2. The van der Waals surface area contributed by atoms with E-state index in [1.807, 2.05) is 0 Å². The Morgan fingerprint density at radius 2 is 2.39 bits per heavy atom. The van der Waals surface area contributed by atoms with Gasteiger partial charge >= 0.3 is 0 Å². The topological polar surface area (TPSA) is 54.1 Å². The van der Waals surface area contributed by atoms with Gasteiger partial charge in [-0.2, -0.15) is 0 Å². The molecule has 1 aliphatic rings. The van der Waals surface area contributed by atoms with Crippen LogP contribution < -0.4 is 5.32 Å². The Hall–Kier alpha value is -1.88. The van der Waals surface area contributed by atoms with Crippen molar-refractivity contribution in [3.05, 3.63) is 35.8 Å². The molecular weight excluding hydrogens is 235 g/mol. The van der Waals surface area contributed by atoms with E-state index < -0.39 is 0 Å². The highest BCUT2D eigenvalue weighted by Crippen LogP contribution is 2.19. The van der Waals surface area contributed by atoms with Crippen LogP contribution in [0.3, 0.4) is 0 Å². The van der Waals surface area contributed by atoms with E-state index in [1.54, 1.807) is 12.3 Å². The molecule has 0 spiro atoms. The van der Waals surface area contributed by atoms with Gasteiger partial charge in [0.1, 0.15) is 5.82 Å². The van der Waals surface area contributed by atoms with Crippen LogP contribution in [0.1, 0.15) is 16.8 Å². The summed E-state index contributed by atoms with van der Waals surface area (Å²) >= 11 is 0. The summed E-state index contributed by atoms with van der Waals surface area (Å²) in [6, 6.07) is 4.42. The molecule has 0 saturated carbocycles. The second kappa shape index (κ2) is 4.42. The minimum absolute atomic E-state index is 0.0721. The molecule has 1 saturated heterocycles. The zero-order valence-electron chi connectivity index (χ0n) is 9.70. The van der Waals surface area contributed by atoms with Gasteiger partial charge in [0.25, 0.3) is 5.91 Å². The first-order valence-corrected chi connectivity index (χ1v) is 5.89. The first-order chi connectivity index (χ1) is 8.74. The van der Waals surface area contributed by atoms with Gasteiger partial charge in [-0.05, 0) is 24.6 Å². The summed E-state index contributed by atoms with van der Waals surface area (Å²) in [6.45, 7) is 1.24. The molecule has 0 bridgehead atoms. The number of fused-ring (bicyclic) bond motifs is 1. The number of carbonyl (C=O) groups is 1. The number of aromatic nitrogens is 1. The van der Waals surface area contributed by atoms with Gasteiger partial charge < -0.3 is 15.0 Å². The molecule has 3 rings (SSSR count). The van der Waals surface area contributed by atoms with Gasteiger partial charge in [0.2, 0.25) is 0 Å². The Labute approximate surface area is 103 Å². The average molecular weight is 248 g/mol. The molecule has 94 valence electrons. The van der Waals surface area contributed by atoms with Crippen LogP contribution in [0.4, 0.5) is 4.39 Å². The lowest BCUT2D eigenvalue weighted by molar-refractivity contribution is 0.0931. The van der Waals surface area contributed by atoms with Crippen molar-refractivity contribution >= 4 is 16.8 Å². The lowest BCUT2D eigenvalue weighted by Gasteiger charge is -2.09. The maximum Gasteiger partial charge on any atom is 0.253 e. The molecule has 2 N–H and O–H groups in total. The van der Waals surface area contributed by atoms with Crippen LogP contribution in [0, 0.1) is 5.82 Å². The van der Waals surface area contributed by atoms with Crippen molar-refractivity contribution in [3.8, 4) is 0 Å². The van der Waals surface area contributed by atoms with E-state index in [1.165, 1.54) is 12.1 Å². The summed E-state index contributed by atoms with van der Waals surface area (Å²) in [5.41, 5.74) is 1.17. The van der Waals surface area contributed by atoms with Gasteiger partial charge in [0.05, 0.1) is 18.2 Å². The molecule has 0 unspecified atom stereocenters. The van der Waals surface area contributed by atoms with Crippen LogP contribution in [0.15, 0.2) is 24.4 Å². The van der Waals surface area contributed by atoms with Crippen LogP contribution in [-0.2, 0) is 4.74 Å². The van der Waals surface area contributed by atoms with E-state index in [4.69, 9.17) is 4.74 Å². The predicted molar refractivity (Wildman–Crippen MR) is 64.9 cm³/mol. The van der Waals surface area contributed by atoms with Crippen molar-refractivity contribution in [1.29, 1.82) is 0 Å². The largest absolute Gasteiger partial charge is 0.379 e. The fraction of sp³-hybridized carbons (Fsp3) is 0.308. The Bertz CT molecular complexity index is 588. The van der Waals surface area contributed by atoms with Gasteiger partial charge in [-0.25, -0.2) is 4.39 Å². The number of nitrogens with one attached hydrogen (secondary N) is 2. The van der Waals surface area contributed by atoms with Crippen molar-refractivity contribution in [2.24, 2.45) is 0 Å². The number of H-pyrrole nitrogens is 1. The average Bonchev–Trinajstić information content (AvgIpc) is 2.97. The number of halogens is 1. The van der Waals surface area contributed by atoms with Gasteiger partial charge in [-0.1, -0.05) is 0 Å². The highest BCUT2D eigenvalue weighted by atomic mass is 19.1. The molecule has 0 aliphatic carbocycles. The minimum atomic E-state index is -0.319. The summed E-state index contributed by atoms with van der Waals surface area (Å²) < 4.78 is 18.2. The Kier molecular flexibility index (Phi) is 2.76. The third-order valence-electron chi connectivity index (χ3n) is 3.15. The van der Waals surface area contributed by atoms with E-state index in [-0.39, 0.29) is 17.8 Å². The van der Waals surface area contributed by atoms with Crippen LogP contribution >= 0.6 is 0 Å². The zero-order chi connectivity index (χ0) is 12.5. The summed E-state index contributed by atoms with van der Waals surface area (Å²) in [7, 11) is 0.